The van der Waals surface area contributed by atoms with Gasteiger partial charge in [-0.2, -0.15) is 4.98 Å². The van der Waals surface area contributed by atoms with Gasteiger partial charge in [0.25, 0.3) is 0 Å². The van der Waals surface area contributed by atoms with Gasteiger partial charge < -0.3 is 15.2 Å². The number of hydrogen-bond acceptors (Lipinski definition) is 5. The highest BCUT2D eigenvalue weighted by molar-refractivity contribution is 6.03. The second-order valence-corrected chi connectivity index (χ2v) is 5.61. The summed E-state index contributed by atoms with van der Waals surface area (Å²) in [5, 5.41) is 13.8. The number of rotatable bonds is 5. The van der Waals surface area contributed by atoms with Gasteiger partial charge in [-0.1, -0.05) is 12.1 Å². The SMILES string of the molecule is CC(C)Nc1nccc(Oc2ccc3c(C(=O)O)cccc3c2)n1. The quantitative estimate of drug-likeness (QED) is 0.740. The summed E-state index contributed by atoms with van der Waals surface area (Å²) in [4.78, 5) is 19.7. The predicted octanol–water partition coefficient (Wildman–Crippen LogP) is 3.94. The van der Waals surface area contributed by atoms with E-state index in [2.05, 4.69) is 15.3 Å². The first-order valence-electron chi connectivity index (χ1n) is 7.56. The first kappa shape index (κ1) is 15.7. The zero-order valence-corrected chi connectivity index (χ0v) is 13.4. The van der Waals surface area contributed by atoms with Crippen molar-refractivity contribution in [2.45, 2.75) is 19.9 Å². The molecule has 0 amide bonds. The molecule has 6 nitrogen and oxygen atoms in total. The monoisotopic (exact) mass is 323 g/mol. The van der Waals surface area contributed by atoms with Crippen molar-refractivity contribution in [3.63, 3.8) is 0 Å². The van der Waals surface area contributed by atoms with Crippen LogP contribution in [0, 0.1) is 0 Å². The molecular weight excluding hydrogens is 306 g/mol. The number of aromatic nitrogens is 2. The highest BCUT2D eigenvalue weighted by Gasteiger charge is 2.09. The van der Waals surface area contributed by atoms with E-state index in [0.717, 1.165) is 5.39 Å². The van der Waals surface area contributed by atoms with Crippen LogP contribution < -0.4 is 10.1 Å². The van der Waals surface area contributed by atoms with Crippen LogP contribution >= 0.6 is 0 Å². The van der Waals surface area contributed by atoms with E-state index in [4.69, 9.17) is 4.74 Å². The standard InChI is InChI=1S/C18H17N3O3/c1-11(2)20-18-19-9-8-16(21-18)24-13-6-7-14-12(10-13)4-3-5-15(14)17(22)23/h3-11H,1-2H3,(H,22,23)(H,19,20,21). The van der Waals surface area contributed by atoms with E-state index in [1.165, 1.54) is 0 Å². The Hall–Kier alpha value is -3.15. The Morgan fingerprint density at radius 2 is 2.04 bits per heavy atom. The summed E-state index contributed by atoms with van der Waals surface area (Å²) >= 11 is 0. The van der Waals surface area contributed by atoms with Crippen molar-refractivity contribution in [1.29, 1.82) is 0 Å². The fourth-order valence-corrected chi connectivity index (χ4v) is 2.36. The van der Waals surface area contributed by atoms with Crippen LogP contribution in [-0.2, 0) is 0 Å². The molecule has 0 unspecified atom stereocenters. The number of nitrogens with one attached hydrogen (secondary N) is 1. The van der Waals surface area contributed by atoms with Gasteiger partial charge in [-0.3, -0.25) is 0 Å². The fraction of sp³-hybridized carbons (Fsp3) is 0.167. The van der Waals surface area contributed by atoms with Gasteiger partial charge in [0, 0.05) is 18.3 Å². The van der Waals surface area contributed by atoms with Crippen LogP contribution in [0.5, 0.6) is 11.6 Å². The van der Waals surface area contributed by atoms with E-state index in [-0.39, 0.29) is 11.6 Å². The van der Waals surface area contributed by atoms with Crippen LogP contribution in [0.1, 0.15) is 24.2 Å². The van der Waals surface area contributed by atoms with Gasteiger partial charge in [-0.25, -0.2) is 9.78 Å². The van der Waals surface area contributed by atoms with Crippen molar-refractivity contribution in [2.24, 2.45) is 0 Å². The number of carbonyl (C=O) groups is 1. The van der Waals surface area contributed by atoms with Crippen molar-refractivity contribution >= 4 is 22.7 Å². The van der Waals surface area contributed by atoms with E-state index < -0.39 is 5.97 Å². The first-order chi connectivity index (χ1) is 11.5. The number of hydrogen-bond donors (Lipinski definition) is 2. The number of benzene rings is 2. The molecule has 0 radical (unpaired) electrons. The first-order valence-corrected chi connectivity index (χ1v) is 7.56. The van der Waals surface area contributed by atoms with Crippen LogP contribution in [-0.4, -0.2) is 27.1 Å². The molecule has 1 heterocycles. The van der Waals surface area contributed by atoms with Gasteiger partial charge >= 0.3 is 5.97 Å². The highest BCUT2D eigenvalue weighted by Crippen LogP contribution is 2.27. The van der Waals surface area contributed by atoms with Gasteiger partial charge in [0.05, 0.1) is 5.56 Å². The van der Waals surface area contributed by atoms with E-state index >= 15 is 0 Å². The molecule has 0 atom stereocenters. The summed E-state index contributed by atoms with van der Waals surface area (Å²) in [6.07, 6.45) is 1.62. The summed E-state index contributed by atoms with van der Waals surface area (Å²) in [5.41, 5.74) is 0.268. The number of ether oxygens (including phenoxy) is 1. The minimum Gasteiger partial charge on any atom is -0.478 e. The van der Waals surface area contributed by atoms with E-state index in [9.17, 15) is 9.90 Å². The van der Waals surface area contributed by atoms with Gasteiger partial charge in [0.1, 0.15) is 5.75 Å². The minimum absolute atomic E-state index is 0.218. The maximum Gasteiger partial charge on any atom is 0.336 e. The highest BCUT2D eigenvalue weighted by atomic mass is 16.5. The van der Waals surface area contributed by atoms with Gasteiger partial charge in [0.15, 0.2) is 0 Å². The second kappa shape index (κ2) is 6.54. The molecule has 2 N–H and O–H groups in total. The molecule has 2 aromatic carbocycles. The van der Waals surface area contributed by atoms with Crippen LogP contribution in [0.15, 0.2) is 48.7 Å². The van der Waals surface area contributed by atoms with Crippen LogP contribution in [0.25, 0.3) is 10.8 Å². The summed E-state index contributed by atoms with van der Waals surface area (Å²) in [7, 11) is 0. The Kier molecular flexibility index (Phi) is 4.29. The number of anilines is 1. The molecule has 6 heteroatoms. The lowest BCUT2D eigenvalue weighted by Crippen LogP contribution is -2.12. The third-order valence-corrected chi connectivity index (χ3v) is 3.35. The average Bonchev–Trinajstić information content (AvgIpc) is 2.53. The Balaban J connectivity index is 1.89. The predicted molar refractivity (Wildman–Crippen MR) is 91.8 cm³/mol. The van der Waals surface area contributed by atoms with Gasteiger partial charge in [-0.15, -0.1) is 0 Å². The van der Waals surface area contributed by atoms with Crippen LogP contribution in [0.2, 0.25) is 0 Å². The Morgan fingerprint density at radius 1 is 1.21 bits per heavy atom. The second-order valence-electron chi connectivity index (χ2n) is 5.61. The molecule has 0 aliphatic rings. The maximum atomic E-state index is 11.3. The molecular formula is C18H17N3O3. The Bertz CT molecular complexity index is 894. The van der Waals surface area contributed by atoms with Crippen molar-refractivity contribution in [3.05, 3.63) is 54.2 Å². The molecule has 0 saturated heterocycles. The maximum absolute atomic E-state index is 11.3. The number of carboxylic acids is 1. The lowest BCUT2D eigenvalue weighted by molar-refractivity contribution is 0.0699. The van der Waals surface area contributed by atoms with E-state index in [1.807, 2.05) is 19.9 Å². The summed E-state index contributed by atoms with van der Waals surface area (Å²) in [6.45, 7) is 4.00. The summed E-state index contributed by atoms with van der Waals surface area (Å²) < 4.78 is 5.77. The molecule has 122 valence electrons. The van der Waals surface area contributed by atoms with Crippen molar-refractivity contribution in [3.8, 4) is 11.6 Å². The lowest BCUT2D eigenvalue weighted by Gasteiger charge is -2.10. The zero-order valence-electron chi connectivity index (χ0n) is 13.4. The topological polar surface area (TPSA) is 84.3 Å². The number of carboxylic acid groups (broad SMARTS) is 1. The van der Waals surface area contributed by atoms with Crippen molar-refractivity contribution < 1.29 is 14.6 Å². The van der Waals surface area contributed by atoms with E-state index in [1.54, 1.807) is 42.6 Å². The number of fused-ring (bicyclic) bond motifs is 1. The average molecular weight is 323 g/mol. The third-order valence-electron chi connectivity index (χ3n) is 3.35. The molecule has 3 aromatic rings. The van der Waals surface area contributed by atoms with Crippen molar-refractivity contribution in [1.82, 2.24) is 9.97 Å². The largest absolute Gasteiger partial charge is 0.478 e. The van der Waals surface area contributed by atoms with Gasteiger partial charge in [-0.05, 0) is 48.9 Å². The summed E-state index contributed by atoms with van der Waals surface area (Å²) in [5.74, 6) is 0.548. The Morgan fingerprint density at radius 3 is 2.79 bits per heavy atom. The van der Waals surface area contributed by atoms with Crippen LogP contribution in [0.4, 0.5) is 5.95 Å². The fourth-order valence-electron chi connectivity index (χ4n) is 2.36. The molecule has 1 aromatic heterocycles. The van der Waals surface area contributed by atoms with Crippen molar-refractivity contribution in [2.75, 3.05) is 5.32 Å². The van der Waals surface area contributed by atoms with Crippen LogP contribution in [0.3, 0.4) is 0 Å². The molecule has 0 bridgehead atoms. The number of nitrogens with zero attached hydrogens (tertiary/aromatic N) is 2. The molecule has 0 aliphatic heterocycles. The smallest absolute Gasteiger partial charge is 0.336 e. The lowest BCUT2D eigenvalue weighted by atomic mass is 10.0. The summed E-state index contributed by atoms with van der Waals surface area (Å²) in [6, 6.07) is 12.3. The molecule has 0 aliphatic carbocycles. The molecule has 0 spiro atoms. The third kappa shape index (κ3) is 3.43. The zero-order chi connectivity index (χ0) is 17.1. The Labute approximate surface area is 139 Å². The number of aromatic carboxylic acids is 1. The normalized spacial score (nSPS) is 10.8. The van der Waals surface area contributed by atoms with Gasteiger partial charge in [0.2, 0.25) is 11.8 Å². The minimum atomic E-state index is -0.950. The molecule has 24 heavy (non-hydrogen) atoms. The molecule has 0 saturated carbocycles. The van der Waals surface area contributed by atoms with E-state index in [0.29, 0.717) is 23.0 Å². The molecule has 0 fully saturated rings. The molecule has 3 rings (SSSR count).